The van der Waals surface area contributed by atoms with Crippen LogP contribution in [0, 0.1) is 11.7 Å². The number of ether oxygens (including phenoxy) is 1. The second-order valence-corrected chi connectivity index (χ2v) is 8.05. The molecule has 4 rings (SSSR count). The number of halogens is 3. The van der Waals surface area contributed by atoms with E-state index in [0.29, 0.717) is 34.9 Å². The Labute approximate surface area is 158 Å². The Morgan fingerprint density at radius 2 is 1.74 bits per heavy atom. The van der Waals surface area contributed by atoms with E-state index in [1.807, 2.05) is 13.0 Å². The van der Waals surface area contributed by atoms with Gasteiger partial charge in [-0.3, -0.25) is 0 Å². The number of hydrogen-bond donors (Lipinski definition) is 0. The topological polar surface area (TPSA) is 9.23 Å². The van der Waals surface area contributed by atoms with E-state index in [9.17, 15) is 13.2 Å². The van der Waals surface area contributed by atoms with Crippen molar-refractivity contribution in [2.45, 2.75) is 64.4 Å². The highest BCUT2D eigenvalue weighted by molar-refractivity contribution is 5.77. The van der Waals surface area contributed by atoms with Crippen LogP contribution in [-0.2, 0) is 12.5 Å². The second kappa shape index (κ2) is 6.88. The quantitative estimate of drug-likeness (QED) is 0.553. The summed E-state index contributed by atoms with van der Waals surface area (Å²) >= 11 is 0. The number of alkyl halides is 2. The Morgan fingerprint density at radius 3 is 2.44 bits per heavy atom. The largest absolute Gasteiger partial charge is 0.427 e. The van der Waals surface area contributed by atoms with E-state index < -0.39 is 11.9 Å². The molecule has 0 N–H and O–H groups in total. The van der Waals surface area contributed by atoms with Gasteiger partial charge in [0, 0.05) is 5.56 Å². The molecule has 1 aliphatic heterocycles. The van der Waals surface area contributed by atoms with Gasteiger partial charge in [0.1, 0.15) is 0 Å². The first-order chi connectivity index (χ1) is 12.9. The first-order valence-corrected chi connectivity index (χ1v) is 9.93. The van der Waals surface area contributed by atoms with Gasteiger partial charge in [-0.15, -0.1) is 0 Å². The van der Waals surface area contributed by atoms with Gasteiger partial charge < -0.3 is 4.74 Å². The fraction of sp³-hybridized carbons (Fsp3) is 0.478. The lowest BCUT2D eigenvalue weighted by atomic mass is 9.78. The average molecular weight is 374 g/mol. The molecule has 1 aliphatic carbocycles. The third kappa shape index (κ3) is 3.24. The van der Waals surface area contributed by atoms with E-state index in [0.717, 1.165) is 37.7 Å². The number of hydrogen-bond acceptors (Lipinski definition) is 1. The van der Waals surface area contributed by atoms with Crippen molar-refractivity contribution in [1.82, 2.24) is 0 Å². The van der Waals surface area contributed by atoms with E-state index in [1.54, 1.807) is 24.3 Å². The van der Waals surface area contributed by atoms with E-state index in [4.69, 9.17) is 4.74 Å². The Balaban J connectivity index is 1.77. The molecule has 27 heavy (non-hydrogen) atoms. The summed E-state index contributed by atoms with van der Waals surface area (Å²) < 4.78 is 49.2. The van der Waals surface area contributed by atoms with E-state index in [1.165, 1.54) is 0 Å². The molecular weight excluding hydrogens is 349 g/mol. The average Bonchev–Trinajstić information content (AvgIpc) is 2.65. The van der Waals surface area contributed by atoms with E-state index in [2.05, 4.69) is 6.92 Å². The van der Waals surface area contributed by atoms with Crippen LogP contribution in [0.2, 0.25) is 0 Å². The Hall–Kier alpha value is -1.97. The molecule has 4 heteroatoms. The fourth-order valence-corrected chi connectivity index (χ4v) is 4.44. The molecule has 144 valence electrons. The van der Waals surface area contributed by atoms with Gasteiger partial charge in [0.15, 0.2) is 11.6 Å². The van der Waals surface area contributed by atoms with Crippen molar-refractivity contribution < 1.29 is 17.9 Å². The highest BCUT2D eigenvalue weighted by atomic mass is 19.3. The zero-order chi connectivity index (χ0) is 19.2. The molecule has 0 bridgehead atoms. The molecule has 2 aromatic rings. The second-order valence-electron chi connectivity index (χ2n) is 8.05. The first kappa shape index (κ1) is 18.4. The van der Waals surface area contributed by atoms with Crippen LogP contribution in [0.1, 0.15) is 68.6 Å². The lowest BCUT2D eigenvalue weighted by Gasteiger charge is -2.31. The molecular formula is C23H25F3O. The summed E-state index contributed by atoms with van der Waals surface area (Å²) in [6, 6.07) is 8.63. The van der Waals surface area contributed by atoms with E-state index >= 15 is 0 Å². The molecule has 0 unspecified atom stereocenters. The van der Waals surface area contributed by atoms with Gasteiger partial charge >= 0.3 is 6.11 Å². The van der Waals surface area contributed by atoms with Crippen LogP contribution in [0.15, 0.2) is 30.3 Å². The normalized spacial score (nSPS) is 23.3. The molecule has 0 spiro atoms. The molecule has 0 saturated heterocycles. The summed E-state index contributed by atoms with van der Waals surface area (Å²) in [6.07, 6.45) is 2.03. The molecule has 0 radical (unpaired) electrons. The molecule has 0 atom stereocenters. The molecule has 0 aromatic heterocycles. The maximum atomic E-state index is 14.8. The molecule has 0 amide bonds. The van der Waals surface area contributed by atoms with Crippen molar-refractivity contribution in [3.8, 4) is 16.9 Å². The Kier molecular flexibility index (Phi) is 4.69. The lowest BCUT2D eigenvalue weighted by molar-refractivity contribution is -0.188. The molecule has 2 aromatic carbocycles. The minimum absolute atomic E-state index is 0.145. The SMILES string of the molecule is CCCc1ccc2c(c1F)OC(F)(F)c1cc(C3CCC(C)CC3)ccc1-2. The van der Waals surface area contributed by atoms with Crippen LogP contribution in [-0.4, -0.2) is 0 Å². The van der Waals surface area contributed by atoms with Crippen molar-refractivity contribution in [2.75, 3.05) is 0 Å². The van der Waals surface area contributed by atoms with E-state index in [-0.39, 0.29) is 11.3 Å². The summed E-state index contributed by atoms with van der Waals surface area (Å²) in [5, 5.41) is 0. The summed E-state index contributed by atoms with van der Waals surface area (Å²) in [5.41, 5.74) is 2.00. The summed E-state index contributed by atoms with van der Waals surface area (Å²) in [7, 11) is 0. The van der Waals surface area contributed by atoms with Gasteiger partial charge in [0.05, 0.1) is 5.56 Å². The Morgan fingerprint density at radius 1 is 1.04 bits per heavy atom. The van der Waals surface area contributed by atoms with Gasteiger partial charge in [-0.1, -0.05) is 57.4 Å². The van der Waals surface area contributed by atoms with Gasteiger partial charge in [0.2, 0.25) is 0 Å². The van der Waals surface area contributed by atoms with Crippen LogP contribution in [0.4, 0.5) is 13.2 Å². The summed E-state index contributed by atoms with van der Waals surface area (Å²) in [4.78, 5) is 0. The van der Waals surface area contributed by atoms with Crippen molar-refractivity contribution in [2.24, 2.45) is 5.92 Å². The zero-order valence-electron chi connectivity index (χ0n) is 15.8. The number of benzene rings is 2. The third-order valence-electron chi connectivity index (χ3n) is 6.06. The van der Waals surface area contributed by atoms with Gasteiger partial charge in [0.25, 0.3) is 0 Å². The molecule has 1 nitrogen and oxygen atoms in total. The monoisotopic (exact) mass is 374 g/mol. The van der Waals surface area contributed by atoms with Crippen LogP contribution >= 0.6 is 0 Å². The van der Waals surface area contributed by atoms with Crippen molar-refractivity contribution in [1.29, 1.82) is 0 Å². The predicted molar refractivity (Wildman–Crippen MR) is 101 cm³/mol. The minimum Gasteiger partial charge on any atom is -0.425 e. The zero-order valence-corrected chi connectivity index (χ0v) is 15.8. The molecule has 1 heterocycles. The minimum atomic E-state index is -3.52. The number of aryl methyl sites for hydroxylation is 1. The molecule has 2 aliphatic rings. The highest BCUT2D eigenvalue weighted by Crippen LogP contribution is 2.50. The maximum absolute atomic E-state index is 14.8. The number of fused-ring (bicyclic) bond motifs is 3. The van der Waals surface area contributed by atoms with Crippen molar-refractivity contribution in [3.63, 3.8) is 0 Å². The van der Waals surface area contributed by atoms with Crippen LogP contribution in [0.25, 0.3) is 11.1 Å². The lowest BCUT2D eigenvalue weighted by Crippen LogP contribution is -2.27. The fourth-order valence-electron chi connectivity index (χ4n) is 4.44. The van der Waals surface area contributed by atoms with Gasteiger partial charge in [-0.25, -0.2) is 4.39 Å². The standard InChI is InChI=1S/C23H25F3O/c1-3-4-16-9-12-19-18-11-10-17(15-7-5-14(2)6-8-15)13-20(18)23(25,26)27-22(19)21(16)24/h9-15H,3-8H2,1-2H3. The van der Waals surface area contributed by atoms with Gasteiger partial charge in [-0.2, -0.15) is 8.78 Å². The van der Waals surface area contributed by atoms with Crippen molar-refractivity contribution >= 4 is 0 Å². The smallest absolute Gasteiger partial charge is 0.425 e. The highest BCUT2D eigenvalue weighted by Gasteiger charge is 2.43. The third-order valence-corrected chi connectivity index (χ3v) is 6.06. The van der Waals surface area contributed by atoms with Crippen LogP contribution in [0.3, 0.4) is 0 Å². The Bertz CT molecular complexity index is 851. The maximum Gasteiger partial charge on any atom is 0.427 e. The molecule has 1 saturated carbocycles. The first-order valence-electron chi connectivity index (χ1n) is 9.93. The van der Waals surface area contributed by atoms with Crippen LogP contribution < -0.4 is 4.74 Å². The summed E-state index contributed by atoms with van der Waals surface area (Å²) in [6.45, 7) is 4.17. The molecule has 1 fully saturated rings. The predicted octanol–water partition coefficient (Wildman–Crippen LogP) is 7.18. The number of rotatable bonds is 3. The van der Waals surface area contributed by atoms with Crippen molar-refractivity contribution in [3.05, 3.63) is 52.8 Å². The van der Waals surface area contributed by atoms with Gasteiger partial charge in [-0.05, 0) is 53.9 Å². The summed E-state index contributed by atoms with van der Waals surface area (Å²) in [5.74, 6) is 0.0332. The van der Waals surface area contributed by atoms with Crippen LogP contribution in [0.5, 0.6) is 5.75 Å².